The third-order valence-electron chi connectivity index (χ3n) is 5.25. The number of pyridine rings is 1. The van der Waals surface area contributed by atoms with Crippen LogP contribution in [0.1, 0.15) is 37.1 Å². The van der Waals surface area contributed by atoms with Gasteiger partial charge in [0.15, 0.2) is 11.8 Å². The Bertz CT molecular complexity index is 995. The minimum Gasteiger partial charge on any atom is -0.479 e. The predicted molar refractivity (Wildman–Crippen MR) is 108 cm³/mol. The van der Waals surface area contributed by atoms with Crippen LogP contribution in [0.5, 0.6) is 5.75 Å². The van der Waals surface area contributed by atoms with Crippen LogP contribution in [0.2, 0.25) is 5.02 Å². The van der Waals surface area contributed by atoms with Crippen LogP contribution in [-0.4, -0.2) is 44.6 Å². The number of aromatic nitrogens is 3. The van der Waals surface area contributed by atoms with Gasteiger partial charge in [0.25, 0.3) is 5.91 Å². The lowest BCUT2D eigenvalue weighted by molar-refractivity contribution is -0.139. The maximum Gasteiger partial charge on any atom is 0.263 e. The van der Waals surface area contributed by atoms with Gasteiger partial charge in [-0.15, -0.1) is 10.2 Å². The molecule has 1 aliphatic heterocycles. The first kappa shape index (κ1) is 18.7. The van der Waals surface area contributed by atoms with Crippen molar-refractivity contribution in [3.63, 3.8) is 0 Å². The molecule has 0 radical (unpaired) electrons. The van der Waals surface area contributed by atoms with E-state index in [2.05, 4.69) is 10.2 Å². The van der Waals surface area contributed by atoms with E-state index in [1.54, 1.807) is 13.0 Å². The molecule has 3 aromatic rings. The standard InChI is InChI=1S/C21H23ClN4O2/c1-14-6-7-17(22)18(13-14)28-15(2)21(27)25-11-8-16(9-12-25)20-24-23-19-5-3-4-10-26(19)20/h3-7,10,13,15-16H,8-9,11-12H2,1-2H3. The van der Waals surface area contributed by atoms with Gasteiger partial charge in [0.1, 0.15) is 11.6 Å². The number of likely N-dealkylation sites (tertiary alicyclic amines) is 1. The van der Waals surface area contributed by atoms with Gasteiger partial charge in [-0.1, -0.05) is 23.7 Å². The van der Waals surface area contributed by atoms with Crippen molar-refractivity contribution in [2.45, 2.75) is 38.7 Å². The Morgan fingerprint density at radius 3 is 2.79 bits per heavy atom. The Morgan fingerprint density at radius 1 is 1.21 bits per heavy atom. The predicted octanol–water partition coefficient (Wildman–Crippen LogP) is 3.86. The van der Waals surface area contributed by atoms with Crippen LogP contribution in [0, 0.1) is 6.92 Å². The van der Waals surface area contributed by atoms with Crippen LogP contribution < -0.4 is 4.74 Å². The van der Waals surface area contributed by atoms with Crippen LogP contribution >= 0.6 is 11.6 Å². The lowest BCUT2D eigenvalue weighted by Crippen LogP contribution is -2.44. The van der Waals surface area contributed by atoms with E-state index in [-0.39, 0.29) is 5.91 Å². The molecule has 0 spiro atoms. The van der Waals surface area contributed by atoms with E-state index in [1.165, 1.54) is 0 Å². The summed E-state index contributed by atoms with van der Waals surface area (Å²) in [6, 6.07) is 11.4. The molecule has 1 fully saturated rings. The summed E-state index contributed by atoms with van der Waals surface area (Å²) in [5.41, 5.74) is 1.90. The molecule has 0 saturated carbocycles. The number of hydrogen-bond donors (Lipinski definition) is 0. The summed E-state index contributed by atoms with van der Waals surface area (Å²) in [7, 11) is 0. The van der Waals surface area contributed by atoms with Crippen LogP contribution in [0.15, 0.2) is 42.6 Å². The van der Waals surface area contributed by atoms with Gasteiger partial charge >= 0.3 is 0 Å². The summed E-state index contributed by atoms with van der Waals surface area (Å²) in [4.78, 5) is 14.7. The van der Waals surface area contributed by atoms with E-state index in [0.29, 0.717) is 29.8 Å². The summed E-state index contributed by atoms with van der Waals surface area (Å²) in [5, 5.41) is 9.12. The summed E-state index contributed by atoms with van der Waals surface area (Å²) >= 11 is 6.19. The smallest absolute Gasteiger partial charge is 0.263 e. The number of fused-ring (bicyclic) bond motifs is 1. The van der Waals surface area contributed by atoms with Crippen molar-refractivity contribution < 1.29 is 9.53 Å². The van der Waals surface area contributed by atoms with Crippen molar-refractivity contribution in [1.29, 1.82) is 0 Å². The summed E-state index contributed by atoms with van der Waals surface area (Å²) in [6.07, 6.45) is 3.13. The average Bonchev–Trinajstić information content (AvgIpc) is 3.14. The molecule has 2 aromatic heterocycles. The lowest BCUT2D eigenvalue weighted by atomic mass is 9.95. The van der Waals surface area contributed by atoms with Gasteiger partial charge in [-0.3, -0.25) is 9.20 Å². The average molecular weight is 399 g/mol. The van der Waals surface area contributed by atoms with E-state index < -0.39 is 6.10 Å². The van der Waals surface area contributed by atoms with Crippen molar-refractivity contribution in [2.75, 3.05) is 13.1 Å². The fourth-order valence-electron chi connectivity index (χ4n) is 3.70. The Morgan fingerprint density at radius 2 is 2.00 bits per heavy atom. The molecule has 146 valence electrons. The summed E-state index contributed by atoms with van der Waals surface area (Å²) < 4.78 is 7.88. The van der Waals surface area contributed by atoms with Gasteiger partial charge in [-0.2, -0.15) is 0 Å². The molecule has 1 aliphatic rings. The number of carbonyl (C=O) groups excluding carboxylic acids is 1. The van der Waals surface area contributed by atoms with Gasteiger partial charge in [-0.25, -0.2) is 0 Å². The Labute approximate surface area is 169 Å². The molecule has 6 nitrogen and oxygen atoms in total. The molecular formula is C21H23ClN4O2. The Kier molecular flexibility index (Phi) is 5.22. The number of rotatable bonds is 4. The van der Waals surface area contributed by atoms with Crippen molar-refractivity contribution in [1.82, 2.24) is 19.5 Å². The quantitative estimate of drug-likeness (QED) is 0.669. The zero-order valence-electron chi connectivity index (χ0n) is 16.0. The highest BCUT2D eigenvalue weighted by molar-refractivity contribution is 6.32. The van der Waals surface area contributed by atoms with Gasteiger partial charge in [0.05, 0.1) is 5.02 Å². The number of halogens is 1. The minimum atomic E-state index is -0.579. The zero-order valence-corrected chi connectivity index (χ0v) is 16.8. The van der Waals surface area contributed by atoms with Crippen molar-refractivity contribution >= 4 is 23.2 Å². The Balaban J connectivity index is 1.39. The molecule has 0 N–H and O–H groups in total. The van der Waals surface area contributed by atoms with Crippen molar-refractivity contribution in [3.8, 4) is 5.75 Å². The van der Waals surface area contributed by atoms with E-state index >= 15 is 0 Å². The van der Waals surface area contributed by atoms with Gasteiger partial charge in [0, 0.05) is 25.2 Å². The number of aryl methyl sites for hydroxylation is 1. The highest BCUT2D eigenvalue weighted by Gasteiger charge is 2.29. The number of ether oxygens (including phenoxy) is 1. The molecule has 3 heterocycles. The largest absolute Gasteiger partial charge is 0.479 e. The number of benzene rings is 1. The second-order valence-corrected chi connectivity index (χ2v) is 7.69. The van der Waals surface area contributed by atoms with Crippen LogP contribution in [0.4, 0.5) is 0 Å². The molecular weight excluding hydrogens is 376 g/mol. The first-order chi connectivity index (χ1) is 13.5. The van der Waals surface area contributed by atoms with Gasteiger partial charge in [0.2, 0.25) is 0 Å². The van der Waals surface area contributed by atoms with Crippen LogP contribution in [-0.2, 0) is 4.79 Å². The second kappa shape index (κ2) is 7.80. The molecule has 4 rings (SSSR count). The third-order valence-corrected chi connectivity index (χ3v) is 5.56. The zero-order chi connectivity index (χ0) is 19.7. The molecule has 1 aromatic carbocycles. The summed E-state index contributed by atoms with van der Waals surface area (Å²) in [5.74, 6) is 1.80. The van der Waals surface area contributed by atoms with Crippen LogP contribution in [0.3, 0.4) is 0 Å². The third kappa shape index (κ3) is 3.69. The SMILES string of the molecule is Cc1ccc(Cl)c(OC(C)C(=O)N2CCC(c3nnc4ccccn34)CC2)c1. The molecule has 0 aliphatic carbocycles. The molecule has 28 heavy (non-hydrogen) atoms. The van der Waals surface area contributed by atoms with E-state index in [9.17, 15) is 4.79 Å². The topological polar surface area (TPSA) is 59.7 Å². The maximum absolute atomic E-state index is 12.8. The molecule has 7 heteroatoms. The highest BCUT2D eigenvalue weighted by atomic mass is 35.5. The van der Waals surface area contributed by atoms with Crippen LogP contribution in [0.25, 0.3) is 5.65 Å². The number of carbonyl (C=O) groups is 1. The number of piperidine rings is 1. The first-order valence-electron chi connectivity index (χ1n) is 9.54. The molecule has 0 bridgehead atoms. The first-order valence-corrected chi connectivity index (χ1v) is 9.92. The van der Waals surface area contributed by atoms with Crippen molar-refractivity contribution in [2.24, 2.45) is 0 Å². The van der Waals surface area contributed by atoms with E-state index in [1.807, 2.05) is 52.8 Å². The van der Waals surface area contributed by atoms with E-state index in [0.717, 1.165) is 29.9 Å². The van der Waals surface area contributed by atoms with Gasteiger partial charge in [-0.05, 0) is 56.5 Å². The molecule has 1 amide bonds. The lowest BCUT2D eigenvalue weighted by Gasteiger charge is -2.33. The molecule has 1 saturated heterocycles. The number of amides is 1. The maximum atomic E-state index is 12.8. The molecule has 1 unspecified atom stereocenters. The normalized spacial score (nSPS) is 16.3. The fourth-order valence-corrected chi connectivity index (χ4v) is 3.86. The molecule has 1 atom stereocenters. The fraction of sp³-hybridized carbons (Fsp3) is 0.381. The second-order valence-electron chi connectivity index (χ2n) is 7.28. The number of nitrogens with zero attached hydrogens (tertiary/aromatic N) is 4. The summed E-state index contributed by atoms with van der Waals surface area (Å²) in [6.45, 7) is 5.11. The highest BCUT2D eigenvalue weighted by Crippen LogP contribution is 2.29. The monoisotopic (exact) mass is 398 g/mol. The number of hydrogen-bond acceptors (Lipinski definition) is 4. The van der Waals surface area contributed by atoms with Crippen molar-refractivity contribution in [3.05, 3.63) is 59.0 Å². The minimum absolute atomic E-state index is 0.0119. The van der Waals surface area contributed by atoms with Gasteiger partial charge < -0.3 is 9.64 Å². The van der Waals surface area contributed by atoms with E-state index in [4.69, 9.17) is 16.3 Å². The Hall–Kier alpha value is -2.60.